The minimum atomic E-state index is -1.04. The van der Waals surface area contributed by atoms with E-state index in [1.165, 1.54) is 11.4 Å². The van der Waals surface area contributed by atoms with Crippen LogP contribution in [0.3, 0.4) is 0 Å². The Hall–Kier alpha value is -2.38. The minimum absolute atomic E-state index is 0.114. The van der Waals surface area contributed by atoms with E-state index >= 15 is 0 Å². The van der Waals surface area contributed by atoms with Crippen LogP contribution in [-0.4, -0.2) is 36.3 Å². The Morgan fingerprint density at radius 1 is 1.33 bits per heavy atom. The fraction of sp³-hybridized carbons (Fsp3) is 0.294. The lowest BCUT2D eigenvalue weighted by atomic mass is 10.2. The molecule has 1 atom stereocenters. The Bertz CT molecular complexity index is 719. The van der Waals surface area contributed by atoms with Crippen molar-refractivity contribution in [2.45, 2.75) is 18.9 Å². The molecule has 1 aromatic heterocycles. The first-order chi connectivity index (χ1) is 11.6. The second-order valence-corrected chi connectivity index (χ2v) is 6.34. The van der Waals surface area contributed by atoms with Gasteiger partial charge in [-0.25, -0.2) is 4.79 Å². The van der Waals surface area contributed by atoms with Crippen molar-refractivity contribution < 1.29 is 24.2 Å². The molecule has 1 aliphatic heterocycles. The average Bonchev–Trinajstić information content (AvgIpc) is 3.26. The fourth-order valence-corrected chi connectivity index (χ4v) is 3.14. The van der Waals surface area contributed by atoms with Crippen molar-refractivity contribution in [1.82, 2.24) is 0 Å². The number of thiophene rings is 1. The third kappa shape index (κ3) is 4.12. The van der Waals surface area contributed by atoms with E-state index in [9.17, 15) is 9.59 Å². The first kappa shape index (κ1) is 16.5. The van der Waals surface area contributed by atoms with Gasteiger partial charge in [-0.2, -0.15) is 0 Å². The molecule has 2 N–H and O–H groups in total. The molecule has 1 amide bonds. The zero-order valence-corrected chi connectivity index (χ0v) is 13.7. The summed E-state index contributed by atoms with van der Waals surface area (Å²) >= 11 is 1.10. The maximum absolute atomic E-state index is 12.1. The molecule has 1 aromatic carbocycles. The summed E-state index contributed by atoms with van der Waals surface area (Å²) in [4.78, 5) is 23.3. The third-order valence-corrected chi connectivity index (χ3v) is 4.57. The Balaban J connectivity index is 1.54. The van der Waals surface area contributed by atoms with Gasteiger partial charge in [0.25, 0.3) is 5.91 Å². The maximum atomic E-state index is 12.1. The quantitative estimate of drug-likeness (QED) is 0.838. The molecule has 2 heterocycles. The maximum Gasteiger partial charge on any atom is 0.336 e. The molecule has 0 spiro atoms. The largest absolute Gasteiger partial charge is 0.491 e. The van der Waals surface area contributed by atoms with Crippen LogP contribution in [0.4, 0.5) is 5.69 Å². The fourth-order valence-electron chi connectivity index (χ4n) is 2.36. The van der Waals surface area contributed by atoms with Gasteiger partial charge < -0.3 is 19.9 Å². The van der Waals surface area contributed by atoms with E-state index in [-0.39, 0.29) is 17.6 Å². The van der Waals surface area contributed by atoms with E-state index in [0.717, 1.165) is 30.8 Å². The number of ether oxygens (including phenoxy) is 2. The summed E-state index contributed by atoms with van der Waals surface area (Å²) in [5.74, 6) is -0.661. The molecule has 2 aromatic rings. The number of aromatic carboxylic acids is 1. The molecule has 0 aliphatic carbocycles. The lowest BCUT2D eigenvalue weighted by Crippen LogP contribution is -2.16. The molecule has 7 heteroatoms. The van der Waals surface area contributed by atoms with Crippen LogP contribution in [0, 0.1) is 0 Å². The molecule has 3 rings (SSSR count). The molecule has 24 heavy (non-hydrogen) atoms. The number of carboxylic acids is 1. The summed E-state index contributed by atoms with van der Waals surface area (Å²) in [6, 6.07) is 8.41. The van der Waals surface area contributed by atoms with E-state index in [0.29, 0.717) is 22.9 Å². The molecule has 0 radical (unpaired) electrons. The summed E-state index contributed by atoms with van der Waals surface area (Å²) in [5.41, 5.74) is 0.734. The number of hydrogen-bond acceptors (Lipinski definition) is 5. The average molecular weight is 347 g/mol. The molecule has 1 saturated heterocycles. The number of carboxylic acid groups (broad SMARTS) is 1. The Kier molecular flexibility index (Phi) is 5.12. The van der Waals surface area contributed by atoms with Gasteiger partial charge in [0.2, 0.25) is 0 Å². The molecule has 0 saturated carbocycles. The number of amides is 1. The molecular weight excluding hydrogens is 330 g/mol. The molecule has 6 nitrogen and oxygen atoms in total. The first-order valence-corrected chi connectivity index (χ1v) is 8.47. The number of nitrogens with one attached hydrogen (secondary N) is 1. The summed E-state index contributed by atoms with van der Waals surface area (Å²) in [6.07, 6.45) is 2.25. The summed E-state index contributed by atoms with van der Waals surface area (Å²) < 4.78 is 11.2. The van der Waals surface area contributed by atoms with E-state index in [4.69, 9.17) is 14.6 Å². The first-order valence-electron chi connectivity index (χ1n) is 7.59. The van der Waals surface area contributed by atoms with Crippen LogP contribution in [0.15, 0.2) is 35.7 Å². The van der Waals surface area contributed by atoms with E-state index in [1.807, 2.05) is 0 Å². The number of benzene rings is 1. The Morgan fingerprint density at radius 3 is 2.75 bits per heavy atom. The molecule has 1 aliphatic rings. The smallest absolute Gasteiger partial charge is 0.336 e. The van der Waals surface area contributed by atoms with Crippen molar-refractivity contribution in [3.63, 3.8) is 0 Å². The number of rotatable bonds is 6. The van der Waals surface area contributed by atoms with Gasteiger partial charge in [0.1, 0.15) is 12.4 Å². The molecular formula is C17H17NO5S. The van der Waals surface area contributed by atoms with Gasteiger partial charge in [-0.05, 0) is 43.2 Å². The van der Waals surface area contributed by atoms with Gasteiger partial charge in [0.05, 0.1) is 16.5 Å². The standard InChI is InChI=1S/C17H17NO5S/c19-16(15-8-11(10-24-15)17(20)21)18-12-3-5-13(6-4-12)23-9-14-2-1-7-22-14/h3-6,8,10,14H,1-2,7,9H2,(H,18,19)(H,20,21). The lowest BCUT2D eigenvalue weighted by Gasteiger charge is -2.12. The van der Waals surface area contributed by atoms with Crippen molar-refractivity contribution >= 4 is 28.9 Å². The van der Waals surface area contributed by atoms with E-state index < -0.39 is 5.97 Å². The summed E-state index contributed by atoms with van der Waals surface area (Å²) in [5, 5.41) is 13.1. The zero-order chi connectivity index (χ0) is 16.9. The van der Waals surface area contributed by atoms with Crippen molar-refractivity contribution in [1.29, 1.82) is 0 Å². The highest BCUT2D eigenvalue weighted by Gasteiger charge is 2.16. The van der Waals surface area contributed by atoms with Crippen LogP contribution in [0.5, 0.6) is 5.75 Å². The van der Waals surface area contributed by atoms with Crippen LogP contribution in [0.2, 0.25) is 0 Å². The van der Waals surface area contributed by atoms with E-state index in [1.54, 1.807) is 24.3 Å². The van der Waals surface area contributed by atoms with Crippen molar-refractivity contribution in [3.8, 4) is 5.75 Å². The number of carbonyl (C=O) groups is 2. The minimum Gasteiger partial charge on any atom is -0.491 e. The third-order valence-electron chi connectivity index (χ3n) is 3.64. The highest BCUT2D eigenvalue weighted by atomic mass is 32.1. The predicted octanol–water partition coefficient (Wildman–Crippen LogP) is 3.26. The molecule has 0 bridgehead atoms. The van der Waals surface area contributed by atoms with Gasteiger partial charge in [-0.15, -0.1) is 11.3 Å². The van der Waals surface area contributed by atoms with Crippen LogP contribution in [0.1, 0.15) is 32.9 Å². The number of anilines is 1. The van der Waals surface area contributed by atoms with Gasteiger partial charge in [-0.1, -0.05) is 0 Å². The van der Waals surface area contributed by atoms with Gasteiger partial charge in [0.15, 0.2) is 0 Å². The van der Waals surface area contributed by atoms with Crippen molar-refractivity contribution in [2.75, 3.05) is 18.5 Å². The van der Waals surface area contributed by atoms with Gasteiger partial charge in [-0.3, -0.25) is 4.79 Å². The monoisotopic (exact) mass is 347 g/mol. The van der Waals surface area contributed by atoms with Crippen LogP contribution in [-0.2, 0) is 4.74 Å². The molecule has 1 fully saturated rings. The highest BCUT2D eigenvalue weighted by Crippen LogP contribution is 2.20. The zero-order valence-electron chi connectivity index (χ0n) is 12.9. The van der Waals surface area contributed by atoms with Gasteiger partial charge >= 0.3 is 5.97 Å². The normalized spacial score (nSPS) is 16.8. The predicted molar refractivity (Wildman–Crippen MR) is 90.1 cm³/mol. The number of carbonyl (C=O) groups excluding carboxylic acids is 1. The van der Waals surface area contributed by atoms with Crippen molar-refractivity contribution in [3.05, 3.63) is 46.2 Å². The number of hydrogen-bond donors (Lipinski definition) is 2. The second-order valence-electron chi connectivity index (χ2n) is 5.43. The van der Waals surface area contributed by atoms with Crippen molar-refractivity contribution in [2.24, 2.45) is 0 Å². The van der Waals surface area contributed by atoms with Gasteiger partial charge in [0, 0.05) is 17.7 Å². The molecule has 1 unspecified atom stereocenters. The van der Waals surface area contributed by atoms with Crippen LogP contribution in [0.25, 0.3) is 0 Å². The Morgan fingerprint density at radius 2 is 2.12 bits per heavy atom. The Labute approximate surface area is 143 Å². The highest BCUT2D eigenvalue weighted by molar-refractivity contribution is 7.12. The van der Waals surface area contributed by atoms with Crippen LogP contribution >= 0.6 is 11.3 Å². The lowest BCUT2D eigenvalue weighted by molar-refractivity contribution is 0.0679. The van der Waals surface area contributed by atoms with E-state index in [2.05, 4.69) is 5.32 Å². The summed E-state index contributed by atoms with van der Waals surface area (Å²) in [6.45, 7) is 1.32. The topological polar surface area (TPSA) is 84.9 Å². The second kappa shape index (κ2) is 7.46. The molecule has 126 valence electrons. The summed E-state index contributed by atoms with van der Waals surface area (Å²) in [7, 11) is 0. The van der Waals surface area contributed by atoms with Crippen LogP contribution < -0.4 is 10.1 Å². The SMILES string of the molecule is O=C(O)c1csc(C(=O)Nc2ccc(OCC3CCCO3)cc2)c1.